The fourth-order valence-electron chi connectivity index (χ4n) is 1.69. The molecular weight excluding hydrogens is 194 g/mol. The molecule has 2 amide bonds. The van der Waals surface area contributed by atoms with E-state index in [9.17, 15) is 9.59 Å². The Balaban J connectivity index is 2.34. The lowest BCUT2D eigenvalue weighted by Crippen LogP contribution is -2.38. The summed E-state index contributed by atoms with van der Waals surface area (Å²) in [6, 6.07) is 0. The first-order valence-corrected chi connectivity index (χ1v) is 5.42. The van der Waals surface area contributed by atoms with Crippen LogP contribution < -0.4 is 5.32 Å². The van der Waals surface area contributed by atoms with Gasteiger partial charge in [-0.05, 0) is 33.6 Å². The second kappa shape index (κ2) is 4.64. The minimum absolute atomic E-state index is 0.00230. The number of ether oxygens (including phenoxy) is 1. The molecule has 1 fully saturated rings. The van der Waals surface area contributed by atoms with Crippen LogP contribution in [0.2, 0.25) is 0 Å². The average molecular weight is 213 g/mol. The molecule has 0 spiro atoms. The van der Waals surface area contributed by atoms with Crippen LogP contribution in [0.4, 0.5) is 4.79 Å². The molecule has 0 atom stereocenters. The van der Waals surface area contributed by atoms with Crippen molar-refractivity contribution in [1.82, 2.24) is 5.32 Å². The Hall–Kier alpha value is -1.06. The predicted octanol–water partition coefficient (Wildman–Crippen LogP) is 2.23. The van der Waals surface area contributed by atoms with Crippen molar-refractivity contribution in [1.29, 1.82) is 0 Å². The first-order valence-electron chi connectivity index (χ1n) is 5.42. The van der Waals surface area contributed by atoms with Crippen molar-refractivity contribution in [2.45, 2.75) is 52.1 Å². The monoisotopic (exact) mass is 213 g/mol. The van der Waals surface area contributed by atoms with E-state index in [1.54, 1.807) is 20.8 Å². The van der Waals surface area contributed by atoms with Crippen molar-refractivity contribution < 1.29 is 14.3 Å². The minimum Gasteiger partial charge on any atom is -0.444 e. The van der Waals surface area contributed by atoms with E-state index in [-0.39, 0.29) is 11.8 Å². The maximum atomic E-state index is 11.5. The van der Waals surface area contributed by atoms with E-state index in [2.05, 4.69) is 5.32 Å². The average Bonchev–Trinajstić information content (AvgIpc) is 2.50. The van der Waals surface area contributed by atoms with Crippen molar-refractivity contribution in [3.63, 3.8) is 0 Å². The molecule has 0 saturated heterocycles. The lowest BCUT2D eigenvalue weighted by atomic mass is 10.1. The van der Waals surface area contributed by atoms with Gasteiger partial charge in [-0.2, -0.15) is 0 Å². The van der Waals surface area contributed by atoms with Crippen molar-refractivity contribution in [3.8, 4) is 0 Å². The summed E-state index contributed by atoms with van der Waals surface area (Å²) in [4.78, 5) is 22.8. The Bertz CT molecular complexity index is 249. The first kappa shape index (κ1) is 12.0. The molecule has 0 unspecified atom stereocenters. The quantitative estimate of drug-likeness (QED) is 0.726. The fraction of sp³-hybridized carbons (Fsp3) is 0.818. The number of hydrogen-bond acceptors (Lipinski definition) is 3. The van der Waals surface area contributed by atoms with E-state index in [0.717, 1.165) is 25.7 Å². The fourth-order valence-corrected chi connectivity index (χ4v) is 1.69. The van der Waals surface area contributed by atoms with Gasteiger partial charge in [0.2, 0.25) is 5.91 Å². The minimum atomic E-state index is -0.639. The van der Waals surface area contributed by atoms with E-state index in [4.69, 9.17) is 4.74 Å². The first-order chi connectivity index (χ1) is 6.88. The van der Waals surface area contributed by atoms with Crippen LogP contribution in [-0.2, 0) is 9.53 Å². The predicted molar refractivity (Wildman–Crippen MR) is 56.3 cm³/mol. The maximum absolute atomic E-state index is 11.5. The Labute approximate surface area is 90.4 Å². The van der Waals surface area contributed by atoms with Crippen molar-refractivity contribution >= 4 is 12.0 Å². The zero-order chi connectivity index (χ0) is 11.5. The summed E-state index contributed by atoms with van der Waals surface area (Å²) >= 11 is 0. The molecule has 1 N–H and O–H groups in total. The van der Waals surface area contributed by atoms with Gasteiger partial charge in [-0.15, -0.1) is 0 Å². The summed E-state index contributed by atoms with van der Waals surface area (Å²) in [5.74, 6) is -0.195. The van der Waals surface area contributed by atoms with Gasteiger partial charge in [-0.3, -0.25) is 10.1 Å². The number of hydrogen-bond donors (Lipinski definition) is 1. The second-order valence-electron chi connectivity index (χ2n) is 4.97. The molecular formula is C11H19NO3. The van der Waals surface area contributed by atoms with E-state index < -0.39 is 11.7 Å². The van der Waals surface area contributed by atoms with Crippen molar-refractivity contribution in [2.24, 2.45) is 5.92 Å². The Morgan fingerprint density at radius 3 is 2.20 bits per heavy atom. The van der Waals surface area contributed by atoms with Gasteiger partial charge < -0.3 is 4.74 Å². The zero-order valence-electron chi connectivity index (χ0n) is 9.63. The number of amides is 2. The highest BCUT2D eigenvalue weighted by molar-refractivity contribution is 5.93. The SMILES string of the molecule is CC(C)(C)OC(=O)NC(=O)C1CCCC1. The summed E-state index contributed by atoms with van der Waals surface area (Å²) in [5.41, 5.74) is -0.556. The van der Waals surface area contributed by atoms with Gasteiger partial charge in [0, 0.05) is 5.92 Å². The molecule has 0 aromatic carbocycles. The molecule has 86 valence electrons. The number of nitrogens with one attached hydrogen (secondary N) is 1. The van der Waals surface area contributed by atoms with Gasteiger partial charge in [0.1, 0.15) is 5.60 Å². The van der Waals surface area contributed by atoms with Gasteiger partial charge in [-0.25, -0.2) is 4.79 Å². The normalized spacial score (nSPS) is 17.5. The molecule has 4 heteroatoms. The number of rotatable bonds is 1. The molecule has 1 aliphatic carbocycles. The topological polar surface area (TPSA) is 55.4 Å². The van der Waals surface area contributed by atoms with Crippen LogP contribution in [-0.4, -0.2) is 17.6 Å². The molecule has 0 heterocycles. The Morgan fingerprint density at radius 1 is 1.20 bits per heavy atom. The van der Waals surface area contributed by atoms with Gasteiger partial charge >= 0.3 is 6.09 Å². The van der Waals surface area contributed by atoms with Crippen LogP contribution in [0.15, 0.2) is 0 Å². The molecule has 0 bridgehead atoms. The van der Waals surface area contributed by atoms with E-state index in [0.29, 0.717) is 0 Å². The molecule has 0 aromatic rings. The summed E-state index contributed by atoms with van der Waals surface area (Å²) < 4.78 is 5.00. The van der Waals surface area contributed by atoms with Crippen LogP contribution in [0, 0.1) is 5.92 Å². The summed E-state index contributed by atoms with van der Waals surface area (Å²) in [6.45, 7) is 5.31. The molecule has 15 heavy (non-hydrogen) atoms. The van der Waals surface area contributed by atoms with Crippen molar-refractivity contribution in [3.05, 3.63) is 0 Å². The molecule has 0 aliphatic heterocycles. The maximum Gasteiger partial charge on any atom is 0.414 e. The molecule has 1 rings (SSSR count). The summed E-state index contributed by atoms with van der Waals surface area (Å²) in [6.07, 6.45) is 3.28. The van der Waals surface area contributed by atoms with Gasteiger partial charge in [0.15, 0.2) is 0 Å². The highest BCUT2D eigenvalue weighted by Gasteiger charge is 2.25. The lowest BCUT2D eigenvalue weighted by Gasteiger charge is -2.20. The standard InChI is InChI=1S/C11H19NO3/c1-11(2,3)15-10(14)12-9(13)8-6-4-5-7-8/h8H,4-7H2,1-3H3,(H,12,13,14). The van der Waals surface area contributed by atoms with E-state index in [1.807, 2.05) is 0 Å². The lowest BCUT2D eigenvalue weighted by molar-refractivity contribution is -0.124. The van der Waals surface area contributed by atoms with Crippen LogP contribution in [0.5, 0.6) is 0 Å². The van der Waals surface area contributed by atoms with Crippen molar-refractivity contribution in [2.75, 3.05) is 0 Å². The highest BCUT2D eigenvalue weighted by atomic mass is 16.6. The van der Waals surface area contributed by atoms with Gasteiger partial charge in [0.25, 0.3) is 0 Å². The largest absolute Gasteiger partial charge is 0.444 e. The van der Waals surface area contributed by atoms with Crippen LogP contribution in [0.3, 0.4) is 0 Å². The van der Waals surface area contributed by atoms with Crippen LogP contribution in [0.1, 0.15) is 46.5 Å². The number of alkyl carbamates (subject to hydrolysis) is 1. The van der Waals surface area contributed by atoms with E-state index in [1.165, 1.54) is 0 Å². The molecule has 0 radical (unpaired) electrons. The number of carbonyl (C=O) groups is 2. The van der Waals surface area contributed by atoms with Gasteiger partial charge in [0.05, 0.1) is 0 Å². The molecule has 4 nitrogen and oxygen atoms in total. The zero-order valence-corrected chi connectivity index (χ0v) is 9.63. The number of carbonyl (C=O) groups excluding carboxylic acids is 2. The molecule has 0 aromatic heterocycles. The Morgan fingerprint density at radius 2 is 1.73 bits per heavy atom. The smallest absolute Gasteiger partial charge is 0.414 e. The van der Waals surface area contributed by atoms with Gasteiger partial charge in [-0.1, -0.05) is 12.8 Å². The second-order valence-corrected chi connectivity index (χ2v) is 4.97. The Kier molecular flexibility index (Phi) is 3.72. The summed E-state index contributed by atoms with van der Waals surface area (Å²) in [5, 5.41) is 2.28. The van der Waals surface area contributed by atoms with E-state index >= 15 is 0 Å². The third kappa shape index (κ3) is 4.32. The van der Waals surface area contributed by atoms with Crippen LogP contribution in [0.25, 0.3) is 0 Å². The molecule has 1 aliphatic rings. The third-order valence-corrected chi connectivity index (χ3v) is 2.35. The summed E-state index contributed by atoms with van der Waals surface area (Å²) in [7, 11) is 0. The number of imide groups is 1. The highest BCUT2D eigenvalue weighted by Crippen LogP contribution is 2.24. The third-order valence-electron chi connectivity index (χ3n) is 2.35. The van der Waals surface area contributed by atoms with Crippen LogP contribution >= 0.6 is 0 Å². The molecule has 1 saturated carbocycles.